The molecule has 0 saturated heterocycles. The molecule has 5 N–H and O–H groups in total. The van der Waals surface area contributed by atoms with Crippen LogP contribution in [0.25, 0.3) is 0 Å². The Morgan fingerprint density at radius 2 is 1.97 bits per heavy atom. The van der Waals surface area contributed by atoms with Crippen molar-refractivity contribution in [1.29, 1.82) is 0 Å². The summed E-state index contributed by atoms with van der Waals surface area (Å²) in [4.78, 5) is 15.7. The van der Waals surface area contributed by atoms with Gasteiger partial charge in [0.05, 0.1) is 5.56 Å². The van der Waals surface area contributed by atoms with Crippen LogP contribution in [0.3, 0.4) is 0 Å². The monoisotopic (exact) mass is 441 g/mol. The van der Waals surface area contributed by atoms with Gasteiger partial charge in [0.2, 0.25) is 0 Å². The Balaban J connectivity index is 0.00000155. The summed E-state index contributed by atoms with van der Waals surface area (Å²) in [5, 5.41) is 14.0. The third kappa shape index (κ3) is 5.17. The summed E-state index contributed by atoms with van der Waals surface area (Å²) >= 11 is 5.68. The van der Waals surface area contributed by atoms with Gasteiger partial charge in [-0.15, -0.1) is 0 Å². The molecule has 3 rings (SSSR count). The molecule has 0 aliphatic rings. The van der Waals surface area contributed by atoms with Gasteiger partial charge in [-0.1, -0.05) is 37.6 Å². The van der Waals surface area contributed by atoms with E-state index in [0.29, 0.717) is 5.69 Å². The number of amides is 1. The van der Waals surface area contributed by atoms with Crippen LogP contribution in [-0.4, -0.2) is 32.5 Å². The van der Waals surface area contributed by atoms with Crippen molar-refractivity contribution < 1.29 is 18.0 Å². The minimum atomic E-state index is -4.71. The number of aromatic nitrogens is 4. The minimum Gasteiger partial charge on any atom is -0.365 e. The fraction of sp³-hybridized carbons (Fsp3) is 0.222. The lowest BCUT2D eigenvalue weighted by molar-refractivity contribution is -0.141. The van der Waals surface area contributed by atoms with Gasteiger partial charge in [-0.05, 0) is 24.6 Å². The van der Waals surface area contributed by atoms with Gasteiger partial charge in [0, 0.05) is 11.9 Å². The molecule has 160 valence electrons. The predicted molar refractivity (Wildman–Crippen MR) is 109 cm³/mol. The van der Waals surface area contributed by atoms with Gasteiger partial charge in [-0.25, -0.2) is 4.99 Å². The Bertz CT molecular complexity index is 1060. The molecule has 0 bridgehead atoms. The van der Waals surface area contributed by atoms with Crippen molar-refractivity contribution in [3.05, 3.63) is 51.8 Å². The van der Waals surface area contributed by atoms with Crippen molar-refractivity contribution >= 4 is 41.0 Å². The molecule has 1 amide bonds. The molecular weight excluding hydrogens is 423 g/mol. The standard InChI is InChI=1S/C16H13ClF3N7O.C2H6/c1-7-3-2-4-8(5-7)23-15-10(13(21)28)14(26-27-15)22-6-9-11(16(18,19)20)24-25-12(9)17;1-2/h2-6H,1H3,(H2,21,28)(H,24,25)(H2,23,26,27);1-2H3. The van der Waals surface area contributed by atoms with Crippen LogP contribution in [0.1, 0.15) is 41.0 Å². The molecule has 2 aromatic heterocycles. The first-order valence-electron chi connectivity index (χ1n) is 8.74. The number of nitrogens with one attached hydrogen (secondary N) is 3. The molecule has 8 nitrogen and oxygen atoms in total. The number of aryl methyl sites for hydroxylation is 1. The SMILES string of the molecule is CC.Cc1cccc(Nc2[nH]nc(N=Cc3c(Cl)n[nH]c3C(F)(F)F)c2C(N)=O)c1. The van der Waals surface area contributed by atoms with Gasteiger partial charge in [-0.3, -0.25) is 15.0 Å². The first kappa shape index (κ1) is 22.9. The average Bonchev–Trinajstić information content (AvgIpc) is 3.24. The second-order valence-corrected chi connectivity index (χ2v) is 6.07. The topological polar surface area (TPSA) is 125 Å². The smallest absolute Gasteiger partial charge is 0.365 e. The number of hydrogen-bond acceptors (Lipinski definition) is 5. The molecule has 30 heavy (non-hydrogen) atoms. The number of anilines is 2. The predicted octanol–water partition coefficient (Wildman–Crippen LogP) is 4.73. The maximum atomic E-state index is 13.0. The maximum Gasteiger partial charge on any atom is 0.433 e. The Kier molecular flexibility index (Phi) is 7.22. The van der Waals surface area contributed by atoms with Gasteiger partial charge >= 0.3 is 6.18 Å². The number of carbonyl (C=O) groups excluding carboxylic acids is 1. The first-order chi connectivity index (χ1) is 14.2. The molecule has 0 aliphatic heterocycles. The molecule has 0 atom stereocenters. The van der Waals surface area contributed by atoms with Gasteiger partial charge in [0.15, 0.2) is 11.0 Å². The Hall–Kier alpha value is -3.34. The van der Waals surface area contributed by atoms with Crippen LogP contribution in [0.5, 0.6) is 0 Å². The summed E-state index contributed by atoms with van der Waals surface area (Å²) < 4.78 is 38.9. The van der Waals surface area contributed by atoms with Crippen molar-refractivity contribution in [1.82, 2.24) is 20.4 Å². The van der Waals surface area contributed by atoms with Crippen LogP contribution in [0.15, 0.2) is 29.3 Å². The summed E-state index contributed by atoms with van der Waals surface area (Å²) in [5.41, 5.74) is 5.23. The number of nitrogens with two attached hydrogens (primary N) is 1. The van der Waals surface area contributed by atoms with Crippen molar-refractivity contribution in [2.24, 2.45) is 10.7 Å². The van der Waals surface area contributed by atoms with Crippen LogP contribution in [0.4, 0.5) is 30.5 Å². The molecule has 0 fully saturated rings. The van der Waals surface area contributed by atoms with E-state index >= 15 is 0 Å². The summed E-state index contributed by atoms with van der Waals surface area (Å²) in [6, 6.07) is 7.25. The molecule has 0 spiro atoms. The molecule has 2 heterocycles. The van der Waals surface area contributed by atoms with Crippen LogP contribution < -0.4 is 11.1 Å². The molecule has 12 heteroatoms. The van der Waals surface area contributed by atoms with E-state index in [-0.39, 0.29) is 17.2 Å². The number of hydrogen-bond donors (Lipinski definition) is 4. The van der Waals surface area contributed by atoms with E-state index in [9.17, 15) is 18.0 Å². The van der Waals surface area contributed by atoms with Gasteiger partial charge < -0.3 is 11.1 Å². The number of H-pyrrole nitrogens is 2. The number of alkyl halides is 3. The molecule has 1 aromatic carbocycles. The zero-order valence-corrected chi connectivity index (χ0v) is 17.0. The molecule has 3 aromatic rings. The van der Waals surface area contributed by atoms with E-state index in [2.05, 4.69) is 25.6 Å². The maximum absolute atomic E-state index is 13.0. The number of primary amides is 1. The van der Waals surface area contributed by atoms with Crippen LogP contribution >= 0.6 is 11.6 Å². The average molecular weight is 442 g/mol. The summed E-state index contributed by atoms with van der Waals surface area (Å²) in [6.07, 6.45) is -3.90. The first-order valence-corrected chi connectivity index (χ1v) is 9.11. The third-order valence-electron chi connectivity index (χ3n) is 3.64. The van der Waals surface area contributed by atoms with E-state index in [1.165, 1.54) is 0 Å². The molecular formula is C18H19ClF3N7O. The van der Waals surface area contributed by atoms with Gasteiger partial charge in [-0.2, -0.15) is 23.4 Å². The number of halogens is 4. The molecule has 0 saturated carbocycles. The second kappa shape index (κ2) is 9.44. The molecule has 0 unspecified atom stereocenters. The largest absolute Gasteiger partial charge is 0.433 e. The highest BCUT2D eigenvalue weighted by atomic mass is 35.5. The minimum absolute atomic E-state index is 0.120. The third-order valence-corrected chi connectivity index (χ3v) is 3.93. The van der Waals surface area contributed by atoms with Crippen molar-refractivity contribution in [2.45, 2.75) is 26.9 Å². The number of aromatic amines is 2. The Labute approximate surface area is 174 Å². The van der Waals surface area contributed by atoms with E-state index < -0.39 is 28.5 Å². The normalized spacial score (nSPS) is 11.3. The Morgan fingerprint density at radius 1 is 1.27 bits per heavy atom. The summed E-state index contributed by atoms with van der Waals surface area (Å²) in [5.74, 6) is -0.919. The fourth-order valence-corrected chi connectivity index (χ4v) is 2.59. The van der Waals surface area contributed by atoms with Crippen molar-refractivity contribution in [2.75, 3.05) is 5.32 Å². The summed E-state index contributed by atoms with van der Waals surface area (Å²) in [7, 11) is 0. The number of nitrogens with zero attached hydrogens (tertiary/aromatic N) is 3. The number of rotatable bonds is 5. The van der Waals surface area contributed by atoms with E-state index in [4.69, 9.17) is 17.3 Å². The Morgan fingerprint density at radius 3 is 2.57 bits per heavy atom. The van der Waals surface area contributed by atoms with Gasteiger partial charge in [0.1, 0.15) is 17.1 Å². The lowest BCUT2D eigenvalue weighted by Crippen LogP contribution is -2.12. The second-order valence-electron chi connectivity index (χ2n) is 5.71. The highest BCUT2D eigenvalue weighted by molar-refractivity contribution is 6.32. The van der Waals surface area contributed by atoms with Crippen LogP contribution in [0, 0.1) is 6.92 Å². The van der Waals surface area contributed by atoms with Crippen molar-refractivity contribution in [3.8, 4) is 0 Å². The van der Waals surface area contributed by atoms with E-state index in [1.807, 2.05) is 32.9 Å². The lowest BCUT2D eigenvalue weighted by atomic mass is 10.2. The van der Waals surface area contributed by atoms with Crippen LogP contribution in [0.2, 0.25) is 5.15 Å². The molecule has 0 radical (unpaired) electrons. The molecule has 0 aliphatic carbocycles. The quantitative estimate of drug-likeness (QED) is 0.427. The van der Waals surface area contributed by atoms with E-state index in [0.717, 1.165) is 11.8 Å². The highest BCUT2D eigenvalue weighted by Gasteiger charge is 2.36. The number of carbonyl (C=O) groups is 1. The van der Waals surface area contributed by atoms with E-state index in [1.54, 1.807) is 17.2 Å². The zero-order valence-electron chi connectivity index (χ0n) is 16.2. The van der Waals surface area contributed by atoms with Crippen molar-refractivity contribution in [3.63, 3.8) is 0 Å². The zero-order chi connectivity index (χ0) is 22.5. The summed E-state index contributed by atoms with van der Waals surface area (Å²) in [6.45, 7) is 5.88. The lowest BCUT2D eigenvalue weighted by Gasteiger charge is -2.06. The number of benzene rings is 1. The van der Waals surface area contributed by atoms with Crippen LogP contribution in [-0.2, 0) is 6.18 Å². The number of aliphatic imine (C=N–C) groups is 1. The van der Waals surface area contributed by atoms with Gasteiger partial charge in [0.25, 0.3) is 5.91 Å². The fourth-order valence-electron chi connectivity index (χ4n) is 2.41. The highest BCUT2D eigenvalue weighted by Crippen LogP contribution is 2.33.